The van der Waals surface area contributed by atoms with Crippen molar-refractivity contribution in [1.82, 2.24) is 5.32 Å². The molecule has 0 aliphatic heterocycles. The van der Waals surface area contributed by atoms with Crippen LogP contribution in [0.25, 0.3) is 0 Å². The first-order valence-corrected chi connectivity index (χ1v) is 5.47. The summed E-state index contributed by atoms with van der Waals surface area (Å²) in [6.07, 6.45) is 0. The number of carbonyl (C=O) groups excluding carboxylic acids is 1. The Hall–Kier alpha value is -1.21. The van der Waals surface area contributed by atoms with E-state index < -0.39 is 25.0 Å². The van der Waals surface area contributed by atoms with Gasteiger partial charge in [-0.1, -0.05) is 0 Å². The quantitative estimate of drug-likeness (QED) is 0.736. The molecule has 0 heterocycles. The number of aliphatic hydroxyl groups is 1. The van der Waals surface area contributed by atoms with Crippen molar-refractivity contribution in [2.24, 2.45) is 0 Å². The highest BCUT2D eigenvalue weighted by Crippen LogP contribution is 2.20. The molecular formula is C10H11BrF2N2O2. The van der Waals surface area contributed by atoms with Crippen molar-refractivity contribution in [2.75, 3.05) is 18.9 Å². The molecule has 1 aromatic rings. The van der Waals surface area contributed by atoms with Gasteiger partial charge in [0.1, 0.15) is 6.61 Å². The van der Waals surface area contributed by atoms with Crippen LogP contribution in [0.1, 0.15) is 10.4 Å². The average Bonchev–Trinajstić information content (AvgIpc) is 2.30. The number of anilines is 1. The molecule has 0 saturated carbocycles. The zero-order chi connectivity index (χ0) is 13.1. The number of alkyl halides is 2. The van der Waals surface area contributed by atoms with Gasteiger partial charge in [-0.2, -0.15) is 0 Å². The van der Waals surface area contributed by atoms with E-state index in [2.05, 4.69) is 15.9 Å². The number of nitrogens with one attached hydrogen (secondary N) is 1. The summed E-state index contributed by atoms with van der Waals surface area (Å²) < 4.78 is 26.0. The number of nitrogens with two attached hydrogens (primary N) is 1. The van der Waals surface area contributed by atoms with Gasteiger partial charge in [0, 0.05) is 15.7 Å². The maximum absolute atomic E-state index is 12.7. The number of hydrogen-bond acceptors (Lipinski definition) is 3. The summed E-state index contributed by atoms with van der Waals surface area (Å²) in [4.78, 5) is 11.5. The van der Waals surface area contributed by atoms with Gasteiger partial charge in [-0.3, -0.25) is 4.79 Å². The molecule has 0 unspecified atom stereocenters. The van der Waals surface area contributed by atoms with Crippen molar-refractivity contribution in [2.45, 2.75) is 5.92 Å². The van der Waals surface area contributed by atoms with Crippen LogP contribution in [0, 0.1) is 0 Å². The lowest BCUT2D eigenvalue weighted by atomic mass is 10.2. The third kappa shape index (κ3) is 3.94. The zero-order valence-electron chi connectivity index (χ0n) is 8.71. The SMILES string of the molecule is Nc1cc(C(=O)NCC(F)(F)CO)ccc1Br. The number of rotatable bonds is 4. The monoisotopic (exact) mass is 308 g/mol. The van der Waals surface area contributed by atoms with E-state index in [1.54, 1.807) is 6.07 Å². The van der Waals surface area contributed by atoms with Crippen LogP contribution < -0.4 is 11.1 Å². The normalized spacial score (nSPS) is 11.3. The van der Waals surface area contributed by atoms with Crippen LogP contribution in [0.4, 0.5) is 14.5 Å². The van der Waals surface area contributed by atoms with E-state index in [0.717, 1.165) is 0 Å². The molecule has 0 radical (unpaired) electrons. The van der Waals surface area contributed by atoms with Crippen LogP contribution in [-0.4, -0.2) is 30.1 Å². The highest BCUT2D eigenvalue weighted by molar-refractivity contribution is 9.10. The first kappa shape index (κ1) is 13.9. The van der Waals surface area contributed by atoms with Gasteiger partial charge >= 0.3 is 0 Å². The molecule has 0 fully saturated rings. The van der Waals surface area contributed by atoms with Gasteiger partial charge in [0.15, 0.2) is 0 Å². The summed E-state index contributed by atoms with van der Waals surface area (Å²) in [6, 6.07) is 4.37. The molecule has 0 aliphatic rings. The van der Waals surface area contributed by atoms with Gasteiger partial charge in [-0.05, 0) is 34.1 Å². The largest absolute Gasteiger partial charge is 0.398 e. The van der Waals surface area contributed by atoms with Crippen LogP contribution in [0.2, 0.25) is 0 Å². The van der Waals surface area contributed by atoms with Crippen LogP contribution in [0.3, 0.4) is 0 Å². The Kier molecular flexibility index (Phi) is 4.41. The summed E-state index contributed by atoms with van der Waals surface area (Å²) in [7, 11) is 0. The van der Waals surface area contributed by atoms with Crippen LogP contribution in [0.15, 0.2) is 22.7 Å². The van der Waals surface area contributed by atoms with Crippen LogP contribution in [0.5, 0.6) is 0 Å². The number of aliphatic hydroxyl groups excluding tert-OH is 1. The maximum atomic E-state index is 12.7. The number of benzene rings is 1. The van der Waals surface area contributed by atoms with E-state index in [9.17, 15) is 13.6 Å². The molecule has 17 heavy (non-hydrogen) atoms. The Bertz CT molecular complexity index is 427. The van der Waals surface area contributed by atoms with Gasteiger partial charge in [0.25, 0.3) is 11.8 Å². The van der Waals surface area contributed by atoms with E-state index in [-0.39, 0.29) is 5.56 Å². The molecule has 4 nitrogen and oxygen atoms in total. The van der Waals surface area contributed by atoms with E-state index in [4.69, 9.17) is 10.8 Å². The fraction of sp³-hybridized carbons (Fsp3) is 0.300. The lowest BCUT2D eigenvalue weighted by Gasteiger charge is -2.14. The molecular weight excluding hydrogens is 298 g/mol. The summed E-state index contributed by atoms with van der Waals surface area (Å²) in [5.74, 6) is -3.99. The number of amides is 1. The number of halogens is 3. The lowest BCUT2D eigenvalue weighted by Crippen LogP contribution is -2.38. The number of nitrogen functional groups attached to an aromatic ring is 1. The van der Waals surface area contributed by atoms with Gasteiger partial charge in [0.2, 0.25) is 0 Å². The minimum Gasteiger partial charge on any atom is -0.398 e. The van der Waals surface area contributed by atoms with Gasteiger partial charge in [0.05, 0.1) is 6.54 Å². The molecule has 0 saturated heterocycles. The smallest absolute Gasteiger partial charge is 0.287 e. The second-order valence-corrected chi connectivity index (χ2v) is 4.29. The minimum absolute atomic E-state index is 0.180. The molecule has 0 atom stereocenters. The molecule has 0 aliphatic carbocycles. The second-order valence-electron chi connectivity index (χ2n) is 3.43. The maximum Gasteiger partial charge on any atom is 0.287 e. The molecule has 0 spiro atoms. The Morgan fingerprint density at radius 2 is 2.18 bits per heavy atom. The third-order valence-corrected chi connectivity index (χ3v) is 2.72. The highest BCUT2D eigenvalue weighted by atomic mass is 79.9. The molecule has 94 valence electrons. The lowest BCUT2D eigenvalue weighted by molar-refractivity contribution is -0.0462. The van der Waals surface area contributed by atoms with E-state index in [1.165, 1.54) is 12.1 Å². The van der Waals surface area contributed by atoms with Crippen molar-refractivity contribution in [3.8, 4) is 0 Å². The molecule has 7 heteroatoms. The second kappa shape index (κ2) is 5.42. The number of carbonyl (C=O) groups is 1. The van der Waals surface area contributed by atoms with Crippen molar-refractivity contribution >= 4 is 27.5 Å². The van der Waals surface area contributed by atoms with Gasteiger partial charge in [-0.15, -0.1) is 0 Å². The van der Waals surface area contributed by atoms with E-state index in [1.807, 2.05) is 5.32 Å². The van der Waals surface area contributed by atoms with Gasteiger partial charge < -0.3 is 16.2 Å². The Morgan fingerprint density at radius 3 is 2.71 bits per heavy atom. The van der Waals surface area contributed by atoms with Crippen molar-refractivity contribution in [3.05, 3.63) is 28.2 Å². The predicted molar refractivity (Wildman–Crippen MR) is 62.9 cm³/mol. The van der Waals surface area contributed by atoms with E-state index in [0.29, 0.717) is 10.2 Å². The molecule has 1 rings (SSSR count). The summed E-state index contributed by atoms with van der Waals surface area (Å²) in [5.41, 5.74) is 6.07. The Morgan fingerprint density at radius 1 is 1.53 bits per heavy atom. The van der Waals surface area contributed by atoms with E-state index >= 15 is 0 Å². The Labute approximate surface area is 105 Å². The van der Waals surface area contributed by atoms with Crippen LogP contribution in [-0.2, 0) is 0 Å². The summed E-state index contributed by atoms with van der Waals surface area (Å²) >= 11 is 3.15. The van der Waals surface area contributed by atoms with Crippen molar-refractivity contribution in [3.63, 3.8) is 0 Å². The molecule has 0 bridgehead atoms. The van der Waals surface area contributed by atoms with Gasteiger partial charge in [-0.25, -0.2) is 8.78 Å². The van der Waals surface area contributed by atoms with Crippen molar-refractivity contribution < 1.29 is 18.7 Å². The fourth-order valence-corrected chi connectivity index (χ4v) is 1.30. The molecule has 1 amide bonds. The number of hydrogen-bond donors (Lipinski definition) is 3. The predicted octanol–water partition coefficient (Wildman–Crippen LogP) is 1.39. The fourth-order valence-electron chi connectivity index (χ4n) is 1.05. The summed E-state index contributed by atoms with van der Waals surface area (Å²) in [5, 5.41) is 10.3. The minimum atomic E-state index is -3.32. The highest BCUT2D eigenvalue weighted by Gasteiger charge is 2.28. The Balaban J connectivity index is 2.68. The topological polar surface area (TPSA) is 75.4 Å². The molecule has 0 aromatic heterocycles. The standard InChI is InChI=1S/C10H11BrF2N2O2/c11-7-2-1-6(3-8(7)14)9(17)15-4-10(12,13)5-16/h1-3,16H,4-5,14H2,(H,15,17). The average molecular weight is 309 g/mol. The first-order chi connectivity index (χ1) is 7.85. The first-order valence-electron chi connectivity index (χ1n) is 4.67. The summed E-state index contributed by atoms with van der Waals surface area (Å²) in [6.45, 7) is -2.23. The van der Waals surface area contributed by atoms with Crippen molar-refractivity contribution in [1.29, 1.82) is 0 Å². The zero-order valence-corrected chi connectivity index (χ0v) is 10.3. The molecule has 4 N–H and O–H groups in total. The third-order valence-electron chi connectivity index (χ3n) is 2.00. The van der Waals surface area contributed by atoms with Crippen LogP contribution >= 0.6 is 15.9 Å². The molecule has 1 aromatic carbocycles.